The maximum atomic E-state index is 10.5. The van der Waals surface area contributed by atoms with E-state index >= 15 is 0 Å². The lowest BCUT2D eigenvalue weighted by Crippen LogP contribution is -1.96. The predicted octanol–water partition coefficient (Wildman–Crippen LogP) is 1.07. The molecule has 4 heteroatoms. The summed E-state index contributed by atoms with van der Waals surface area (Å²) in [6, 6.07) is 4.36. The fraction of sp³-hybridized carbons (Fsp3) is 0.111. The summed E-state index contributed by atoms with van der Waals surface area (Å²) in [4.78, 5) is 9.92. The molecule has 0 aliphatic carbocycles. The molecule has 0 aliphatic heterocycles. The van der Waals surface area contributed by atoms with E-state index < -0.39 is 4.92 Å². The Morgan fingerprint density at radius 1 is 1.62 bits per heavy atom. The molecule has 0 saturated carbocycles. The van der Waals surface area contributed by atoms with Crippen LogP contribution in [-0.4, -0.2) is 10.0 Å². The van der Waals surface area contributed by atoms with Crippen molar-refractivity contribution in [3.63, 3.8) is 0 Å². The molecule has 1 aromatic carbocycles. The van der Waals surface area contributed by atoms with Crippen molar-refractivity contribution in [3.05, 3.63) is 39.4 Å². The minimum Gasteiger partial charge on any atom is -0.392 e. The van der Waals surface area contributed by atoms with E-state index in [0.717, 1.165) is 0 Å². The van der Waals surface area contributed by atoms with E-state index in [4.69, 9.17) is 11.5 Å². The third-order valence-electron chi connectivity index (χ3n) is 1.64. The molecule has 1 aromatic rings. The van der Waals surface area contributed by atoms with Crippen LogP contribution in [0.5, 0.6) is 0 Å². The van der Waals surface area contributed by atoms with Crippen molar-refractivity contribution in [1.82, 2.24) is 0 Å². The summed E-state index contributed by atoms with van der Waals surface area (Å²) in [7, 11) is 0. The number of nitrogens with zero attached hydrogens (tertiary/aromatic N) is 1. The van der Waals surface area contributed by atoms with E-state index in [1.165, 1.54) is 12.1 Å². The highest BCUT2D eigenvalue weighted by atomic mass is 16.6. The maximum Gasteiger partial charge on any atom is 0.285 e. The summed E-state index contributed by atoms with van der Waals surface area (Å²) in [6.45, 7) is -0.290. The zero-order chi connectivity index (χ0) is 9.84. The van der Waals surface area contributed by atoms with E-state index in [0.29, 0.717) is 5.56 Å². The number of hydrogen-bond donors (Lipinski definition) is 1. The molecule has 1 rings (SSSR count). The third-order valence-corrected chi connectivity index (χ3v) is 1.64. The van der Waals surface area contributed by atoms with Gasteiger partial charge in [0.25, 0.3) is 5.69 Å². The lowest BCUT2D eigenvalue weighted by molar-refractivity contribution is -0.385. The standard InChI is InChI=1S/C9H7NO3/c1-2-8-7(6-11)4-3-5-9(8)10(12)13/h1,3-5,11H,6H2. The van der Waals surface area contributed by atoms with Gasteiger partial charge in [0, 0.05) is 11.6 Å². The van der Waals surface area contributed by atoms with E-state index in [1.54, 1.807) is 6.07 Å². The minimum atomic E-state index is -0.561. The number of benzene rings is 1. The second-order valence-corrected chi connectivity index (χ2v) is 2.37. The summed E-state index contributed by atoms with van der Waals surface area (Å²) < 4.78 is 0. The minimum absolute atomic E-state index is 0.144. The monoisotopic (exact) mass is 177 g/mol. The second kappa shape index (κ2) is 3.70. The van der Waals surface area contributed by atoms with Crippen molar-refractivity contribution in [2.75, 3.05) is 0 Å². The van der Waals surface area contributed by atoms with Crippen LogP contribution in [0.25, 0.3) is 0 Å². The number of terminal acetylenes is 1. The summed E-state index contributed by atoms with van der Waals surface area (Å²) in [5.41, 5.74) is 0.403. The quantitative estimate of drug-likeness (QED) is 0.417. The van der Waals surface area contributed by atoms with Crippen LogP contribution in [0.15, 0.2) is 18.2 Å². The van der Waals surface area contributed by atoms with Gasteiger partial charge in [0.1, 0.15) is 5.56 Å². The molecule has 1 N–H and O–H groups in total. The number of nitro groups is 1. The molecular formula is C9H7NO3. The summed E-state index contributed by atoms with van der Waals surface area (Å²) in [5.74, 6) is 2.19. The molecule has 0 unspecified atom stereocenters. The van der Waals surface area contributed by atoms with Gasteiger partial charge in [-0.1, -0.05) is 18.1 Å². The van der Waals surface area contributed by atoms with Gasteiger partial charge < -0.3 is 5.11 Å². The topological polar surface area (TPSA) is 63.4 Å². The molecule has 66 valence electrons. The van der Waals surface area contributed by atoms with Gasteiger partial charge in [-0.15, -0.1) is 6.42 Å². The molecule has 0 atom stereocenters. The Bertz CT molecular complexity index is 379. The van der Waals surface area contributed by atoms with E-state index in [1.807, 2.05) is 0 Å². The Balaban J connectivity index is 3.38. The smallest absolute Gasteiger partial charge is 0.285 e. The lowest BCUT2D eigenvalue weighted by atomic mass is 10.1. The molecule has 0 bridgehead atoms. The molecule has 0 spiro atoms. The van der Waals surface area contributed by atoms with Gasteiger partial charge in [0.15, 0.2) is 0 Å². The third kappa shape index (κ3) is 1.66. The number of aliphatic hydroxyl groups excluding tert-OH is 1. The highest BCUT2D eigenvalue weighted by molar-refractivity contribution is 5.54. The van der Waals surface area contributed by atoms with Crippen LogP contribution in [0.4, 0.5) is 5.69 Å². The molecule has 0 heterocycles. The molecule has 0 saturated heterocycles. The average Bonchev–Trinajstić information content (AvgIpc) is 2.16. The molecule has 0 radical (unpaired) electrons. The SMILES string of the molecule is C#Cc1c(CO)cccc1[N+](=O)[O-]. The van der Waals surface area contributed by atoms with Gasteiger partial charge in [-0.3, -0.25) is 10.1 Å². The molecule has 0 amide bonds. The molecule has 0 aliphatic rings. The van der Waals surface area contributed by atoms with E-state index in [-0.39, 0.29) is 17.9 Å². The van der Waals surface area contributed by atoms with Crippen LogP contribution in [0, 0.1) is 22.5 Å². The molecular weight excluding hydrogens is 170 g/mol. The molecule has 13 heavy (non-hydrogen) atoms. The van der Waals surface area contributed by atoms with Gasteiger partial charge >= 0.3 is 0 Å². The van der Waals surface area contributed by atoms with Crippen molar-refractivity contribution < 1.29 is 10.0 Å². The highest BCUT2D eigenvalue weighted by Crippen LogP contribution is 2.20. The molecule has 0 fully saturated rings. The van der Waals surface area contributed by atoms with Crippen LogP contribution < -0.4 is 0 Å². The zero-order valence-corrected chi connectivity index (χ0v) is 6.73. The number of nitro benzene ring substituents is 1. The van der Waals surface area contributed by atoms with Crippen LogP contribution in [-0.2, 0) is 6.61 Å². The lowest BCUT2D eigenvalue weighted by Gasteiger charge is -2.00. The van der Waals surface area contributed by atoms with Crippen LogP contribution in [0.2, 0.25) is 0 Å². The zero-order valence-electron chi connectivity index (χ0n) is 6.73. The van der Waals surface area contributed by atoms with Crippen molar-refractivity contribution in [2.45, 2.75) is 6.61 Å². The summed E-state index contributed by atoms with van der Waals surface area (Å²) in [5, 5.41) is 19.3. The van der Waals surface area contributed by atoms with Gasteiger partial charge in [0.05, 0.1) is 11.5 Å². The van der Waals surface area contributed by atoms with Gasteiger partial charge in [-0.25, -0.2) is 0 Å². The predicted molar refractivity (Wildman–Crippen MR) is 47.0 cm³/mol. The van der Waals surface area contributed by atoms with Crippen LogP contribution >= 0.6 is 0 Å². The van der Waals surface area contributed by atoms with Gasteiger partial charge in [-0.05, 0) is 0 Å². The Morgan fingerprint density at radius 3 is 2.77 bits per heavy atom. The first kappa shape index (κ1) is 9.23. The summed E-state index contributed by atoms with van der Waals surface area (Å²) in [6.07, 6.45) is 5.10. The molecule has 0 aromatic heterocycles. The first-order chi connectivity index (χ1) is 6.20. The van der Waals surface area contributed by atoms with Gasteiger partial charge in [-0.2, -0.15) is 0 Å². The van der Waals surface area contributed by atoms with Crippen LogP contribution in [0.1, 0.15) is 11.1 Å². The van der Waals surface area contributed by atoms with E-state index in [2.05, 4.69) is 5.92 Å². The first-order valence-electron chi connectivity index (χ1n) is 3.54. The van der Waals surface area contributed by atoms with Gasteiger partial charge in [0.2, 0.25) is 0 Å². The average molecular weight is 177 g/mol. The Labute approximate surface area is 75.0 Å². The van der Waals surface area contributed by atoms with Crippen LogP contribution in [0.3, 0.4) is 0 Å². The Hall–Kier alpha value is -1.86. The fourth-order valence-electron chi connectivity index (χ4n) is 1.04. The highest BCUT2D eigenvalue weighted by Gasteiger charge is 2.14. The first-order valence-corrected chi connectivity index (χ1v) is 3.54. The van der Waals surface area contributed by atoms with Crippen molar-refractivity contribution >= 4 is 5.69 Å². The maximum absolute atomic E-state index is 10.5. The van der Waals surface area contributed by atoms with Crippen molar-refractivity contribution in [1.29, 1.82) is 0 Å². The fourth-order valence-corrected chi connectivity index (χ4v) is 1.04. The van der Waals surface area contributed by atoms with E-state index in [9.17, 15) is 10.1 Å². The van der Waals surface area contributed by atoms with Crippen molar-refractivity contribution in [3.8, 4) is 12.3 Å². The Kier molecular flexibility index (Phi) is 2.62. The Morgan fingerprint density at radius 2 is 2.31 bits per heavy atom. The number of rotatable bonds is 2. The molecule has 4 nitrogen and oxygen atoms in total. The number of aliphatic hydroxyl groups is 1. The summed E-state index contributed by atoms with van der Waals surface area (Å²) >= 11 is 0. The second-order valence-electron chi connectivity index (χ2n) is 2.37. The largest absolute Gasteiger partial charge is 0.392 e. The van der Waals surface area contributed by atoms with Crippen molar-refractivity contribution in [2.24, 2.45) is 0 Å². The normalized spacial score (nSPS) is 9.23. The number of hydrogen-bond acceptors (Lipinski definition) is 3.